The third kappa shape index (κ3) is 4.03. The molecular formula is C19H20F2O3. The molecule has 24 heavy (non-hydrogen) atoms. The number of benzene rings is 2. The molecule has 128 valence electrons. The topological polar surface area (TPSA) is 38.7 Å². The van der Waals surface area contributed by atoms with Gasteiger partial charge < -0.3 is 14.6 Å². The van der Waals surface area contributed by atoms with Crippen LogP contribution in [0.1, 0.15) is 24.8 Å². The van der Waals surface area contributed by atoms with Gasteiger partial charge in [0.25, 0.3) is 5.92 Å². The van der Waals surface area contributed by atoms with Crippen molar-refractivity contribution >= 4 is 0 Å². The molecule has 0 heterocycles. The zero-order valence-electron chi connectivity index (χ0n) is 13.2. The Hall–Kier alpha value is -2.14. The summed E-state index contributed by atoms with van der Waals surface area (Å²) in [5.41, 5.74) is 0.940. The van der Waals surface area contributed by atoms with E-state index in [1.807, 2.05) is 30.3 Å². The first kappa shape index (κ1) is 16.7. The molecule has 0 radical (unpaired) electrons. The van der Waals surface area contributed by atoms with Crippen molar-refractivity contribution in [2.45, 2.75) is 44.0 Å². The van der Waals surface area contributed by atoms with E-state index < -0.39 is 18.1 Å². The summed E-state index contributed by atoms with van der Waals surface area (Å²) in [7, 11) is 0. The van der Waals surface area contributed by atoms with E-state index in [0.29, 0.717) is 18.6 Å². The number of phenolic OH excluding ortho intramolecular Hbond substituents is 1. The molecule has 1 fully saturated rings. The van der Waals surface area contributed by atoms with Crippen LogP contribution in [0.4, 0.5) is 8.78 Å². The third-order valence-electron chi connectivity index (χ3n) is 4.16. The zero-order valence-corrected chi connectivity index (χ0v) is 13.2. The Morgan fingerprint density at radius 2 is 1.75 bits per heavy atom. The Balaban J connectivity index is 1.71. The molecule has 2 aromatic rings. The van der Waals surface area contributed by atoms with Gasteiger partial charge in [-0.3, -0.25) is 0 Å². The van der Waals surface area contributed by atoms with Crippen molar-refractivity contribution < 1.29 is 23.4 Å². The Labute approximate surface area is 139 Å². The SMILES string of the molecule is Oc1ccc(OC2C(OCc3ccccc3)CCCC2(F)F)cc1. The van der Waals surface area contributed by atoms with Gasteiger partial charge in [0.1, 0.15) is 17.6 Å². The predicted molar refractivity (Wildman–Crippen MR) is 86.3 cm³/mol. The van der Waals surface area contributed by atoms with E-state index in [4.69, 9.17) is 9.47 Å². The van der Waals surface area contributed by atoms with Crippen LogP contribution >= 0.6 is 0 Å². The average Bonchev–Trinajstić information content (AvgIpc) is 2.58. The van der Waals surface area contributed by atoms with E-state index in [0.717, 1.165) is 5.56 Å². The highest BCUT2D eigenvalue weighted by molar-refractivity contribution is 5.30. The van der Waals surface area contributed by atoms with Gasteiger partial charge in [0.2, 0.25) is 0 Å². The minimum absolute atomic E-state index is 0.0645. The van der Waals surface area contributed by atoms with E-state index in [9.17, 15) is 13.9 Å². The Kier molecular flexibility index (Phi) is 5.00. The van der Waals surface area contributed by atoms with Gasteiger partial charge in [-0.25, -0.2) is 8.78 Å². The highest BCUT2D eigenvalue weighted by atomic mass is 19.3. The average molecular weight is 334 g/mol. The zero-order chi connectivity index (χ0) is 17.0. The second-order valence-electron chi connectivity index (χ2n) is 6.02. The van der Waals surface area contributed by atoms with E-state index >= 15 is 0 Å². The minimum Gasteiger partial charge on any atom is -0.508 e. The largest absolute Gasteiger partial charge is 0.508 e. The lowest BCUT2D eigenvalue weighted by Gasteiger charge is -2.37. The molecule has 0 amide bonds. The lowest BCUT2D eigenvalue weighted by atomic mass is 9.90. The molecule has 2 unspecified atom stereocenters. The molecule has 3 rings (SSSR count). The molecule has 5 heteroatoms. The van der Waals surface area contributed by atoms with Crippen LogP contribution in [-0.2, 0) is 11.3 Å². The molecule has 3 nitrogen and oxygen atoms in total. The van der Waals surface area contributed by atoms with Crippen LogP contribution < -0.4 is 4.74 Å². The number of halogens is 2. The molecule has 0 saturated heterocycles. The smallest absolute Gasteiger partial charge is 0.286 e. The van der Waals surface area contributed by atoms with Crippen molar-refractivity contribution in [1.82, 2.24) is 0 Å². The van der Waals surface area contributed by atoms with Crippen molar-refractivity contribution in [3.63, 3.8) is 0 Å². The Morgan fingerprint density at radius 3 is 2.46 bits per heavy atom. The summed E-state index contributed by atoms with van der Waals surface area (Å²) in [6.45, 7) is 0.275. The van der Waals surface area contributed by atoms with Crippen LogP contribution in [0.25, 0.3) is 0 Å². The summed E-state index contributed by atoms with van der Waals surface area (Å²) in [5.74, 6) is -2.58. The fraction of sp³-hybridized carbons (Fsp3) is 0.368. The van der Waals surface area contributed by atoms with Crippen molar-refractivity contribution in [1.29, 1.82) is 0 Å². The van der Waals surface area contributed by atoms with Crippen LogP contribution in [0.15, 0.2) is 54.6 Å². The summed E-state index contributed by atoms with van der Waals surface area (Å²) in [6.07, 6.45) is -1.28. The van der Waals surface area contributed by atoms with Crippen LogP contribution in [0, 0.1) is 0 Å². The van der Waals surface area contributed by atoms with Gasteiger partial charge >= 0.3 is 0 Å². The molecule has 0 bridgehead atoms. The lowest BCUT2D eigenvalue weighted by molar-refractivity contribution is -0.181. The van der Waals surface area contributed by atoms with Gasteiger partial charge in [0.15, 0.2) is 6.10 Å². The first-order valence-corrected chi connectivity index (χ1v) is 8.04. The Bertz CT molecular complexity index is 643. The minimum atomic E-state index is -2.95. The van der Waals surface area contributed by atoms with E-state index in [2.05, 4.69) is 0 Å². The van der Waals surface area contributed by atoms with Gasteiger partial charge in [-0.2, -0.15) is 0 Å². The highest BCUT2D eigenvalue weighted by Gasteiger charge is 2.49. The first-order valence-electron chi connectivity index (χ1n) is 8.04. The van der Waals surface area contributed by atoms with Gasteiger partial charge in [-0.05, 0) is 42.7 Å². The van der Waals surface area contributed by atoms with Crippen LogP contribution in [0.2, 0.25) is 0 Å². The molecule has 1 N–H and O–H groups in total. The number of aromatic hydroxyl groups is 1. The number of rotatable bonds is 5. The van der Waals surface area contributed by atoms with Crippen molar-refractivity contribution in [2.24, 2.45) is 0 Å². The molecule has 0 aromatic heterocycles. The molecule has 0 aliphatic heterocycles. The van der Waals surface area contributed by atoms with Crippen molar-refractivity contribution in [2.75, 3.05) is 0 Å². The molecule has 2 aromatic carbocycles. The first-order chi connectivity index (χ1) is 11.5. The summed E-state index contributed by atoms with van der Waals surface area (Å²) in [6, 6.07) is 15.3. The quantitative estimate of drug-likeness (QED) is 0.872. The van der Waals surface area contributed by atoms with Crippen LogP contribution in [-0.4, -0.2) is 23.2 Å². The second kappa shape index (κ2) is 7.18. The number of hydrogen-bond donors (Lipinski definition) is 1. The standard InChI is InChI=1S/C19H20F2O3/c20-19(21)12-4-7-17(23-13-14-5-2-1-3-6-14)18(19)24-16-10-8-15(22)9-11-16/h1-3,5-6,8-11,17-18,22H,4,7,12-13H2. The van der Waals surface area contributed by atoms with E-state index in [1.165, 1.54) is 24.3 Å². The summed E-state index contributed by atoms with van der Waals surface area (Å²) >= 11 is 0. The van der Waals surface area contributed by atoms with Crippen molar-refractivity contribution in [3.8, 4) is 11.5 Å². The van der Waals surface area contributed by atoms with Gasteiger partial charge in [-0.15, -0.1) is 0 Å². The van der Waals surface area contributed by atoms with Crippen LogP contribution in [0.3, 0.4) is 0 Å². The summed E-state index contributed by atoms with van der Waals surface area (Å²) < 4.78 is 40.0. The fourth-order valence-corrected chi connectivity index (χ4v) is 2.89. The fourth-order valence-electron chi connectivity index (χ4n) is 2.89. The number of phenols is 1. The van der Waals surface area contributed by atoms with Gasteiger partial charge in [0, 0.05) is 6.42 Å². The maximum atomic E-state index is 14.4. The van der Waals surface area contributed by atoms with Crippen LogP contribution in [0.5, 0.6) is 11.5 Å². The molecular weight excluding hydrogens is 314 g/mol. The highest BCUT2D eigenvalue weighted by Crippen LogP contribution is 2.38. The summed E-state index contributed by atoms with van der Waals surface area (Å²) in [5, 5.41) is 9.30. The maximum absolute atomic E-state index is 14.4. The Morgan fingerprint density at radius 1 is 1.04 bits per heavy atom. The third-order valence-corrected chi connectivity index (χ3v) is 4.16. The predicted octanol–water partition coefficient (Wildman–Crippen LogP) is 4.54. The van der Waals surface area contributed by atoms with E-state index in [-0.39, 0.29) is 18.8 Å². The van der Waals surface area contributed by atoms with Crippen molar-refractivity contribution in [3.05, 3.63) is 60.2 Å². The van der Waals surface area contributed by atoms with Gasteiger partial charge in [0.05, 0.1) is 6.61 Å². The van der Waals surface area contributed by atoms with Gasteiger partial charge in [-0.1, -0.05) is 30.3 Å². The summed E-state index contributed by atoms with van der Waals surface area (Å²) in [4.78, 5) is 0. The maximum Gasteiger partial charge on any atom is 0.286 e. The normalized spacial score (nSPS) is 22.9. The van der Waals surface area contributed by atoms with E-state index in [1.54, 1.807) is 0 Å². The number of ether oxygens (including phenoxy) is 2. The lowest BCUT2D eigenvalue weighted by Crippen LogP contribution is -2.51. The monoisotopic (exact) mass is 334 g/mol. The number of hydrogen-bond acceptors (Lipinski definition) is 3. The molecule has 1 aliphatic rings. The molecule has 0 spiro atoms. The second-order valence-corrected chi connectivity index (χ2v) is 6.02. The molecule has 2 atom stereocenters. The molecule has 1 aliphatic carbocycles. The molecule has 1 saturated carbocycles. The number of alkyl halides is 2.